The molecule has 3 N–H and O–H groups in total. The Morgan fingerprint density at radius 2 is 1.57 bits per heavy atom. The van der Waals surface area contributed by atoms with Gasteiger partial charge in [0.1, 0.15) is 5.75 Å². The van der Waals surface area contributed by atoms with E-state index in [0.29, 0.717) is 0 Å². The molecule has 0 amide bonds. The molecule has 3 nitrogen and oxygen atoms in total. The third-order valence-electron chi connectivity index (χ3n) is 6.15. The van der Waals surface area contributed by atoms with Gasteiger partial charge in [-0.1, -0.05) is 30.0 Å². The third-order valence-corrected chi connectivity index (χ3v) is 7.17. The van der Waals surface area contributed by atoms with Gasteiger partial charge in [0, 0.05) is 20.9 Å². The first-order valence-electron chi connectivity index (χ1n) is 10.6. The Morgan fingerprint density at radius 3 is 2.20 bits per heavy atom. The standard InChI is InChI=1S/C26H30N2OS/c1-19-3-6-21(27)17-25(19)26(13-15-28-16-14-26)18-20-4-9-23(10-5-20)30-24-11-7-22(29-2)8-12-24/h3-12,17,28H,13-16,18,27H2,1-2H3. The molecule has 1 fully saturated rings. The maximum absolute atomic E-state index is 6.17. The molecule has 0 radical (unpaired) electrons. The van der Waals surface area contributed by atoms with Crippen LogP contribution >= 0.6 is 11.8 Å². The number of nitrogens with one attached hydrogen (secondary N) is 1. The molecule has 1 saturated heterocycles. The quantitative estimate of drug-likeness (QED) is 0.512. The van der Waals surface area contributed by atoms with Crippen LogP contribution < -0.4 is 15.8 Å². The lowest BCUT2D eigenvalue weighted by molar-refractivity contribution is 0.304. The number of benzene rings is 3. The second-order valence-electron chi connectivity index (χ2n) is 8.20. The van der Waals surface area contributed by atoms with Crippen molar-refractivity contribution in [3.8, 4) is 5.75 Å². The van der Waals surface area contributed by atoms with E-state index in [4.69, 9.17) is 10.5 Å². The predicted molar refractivity (Wildman–Crippen MR) is 127 cm³/mol. The Labute approximate surface area is 184 Å². The lowest BCUT2D eigenvalue weighted by atomic mass is 9.68. The summed E-state index contributed by atoms with van der Waals surface area (Å²) in [5.41, 5.74) is 11.3. The Balaban J connectivity index is 1.54. The number of anilines is 1. The normalized spacial score (nSPS) is 15.7. The van der Waals surface area contributed by atoms with Crippen molar-refractivity contribution in [3.63, 3.8) is 0 Å². The van der Waals surface area contributed by atoms with E-state index < -0.39 is 0 Å². The monoisotopic (exact) mass is 418 g/mol. The van der Waals surface area contributed by atoms with Crippen LogP contribution in [-0.4, -0.2) is 20.2 Å². The van der Waals surface area contributed by atoms with Crippen molar-refractivity contribution in [3.05, 3.63) is 83.4 Å². The van der Waals surface area contributed by atoms with Gasteiger partial charge in [-0.25, -0.2) is 0 Å². The number of nitrogens with two attached hydrogens (primary N) is 1. The molecule has 3 aromatic rings. The van der Waals surface area contributed by atoms with Gasteiger partial charge in [0.05, 0.1) is 7.11 Å². The van der Waals surface area contributed by atoms with E-state index in [2.05, 4.69) is 60.8 Å². The molecule has 4 heteroatoms. The fourth-order valence-electron chi connectivity index (χ4n) is 4.50. The predicted octanol–water partition coefficient (Wildman–Crippen LogP) is 5.60. The lowest BCUT2D eigenvalue weighted by Gasteiger charge is -2.39. The summed E-state index contributed by atoms with van der Waals surface area (Å²) in [5.74, 6) is 0.888. The summed E-state index contributed by atoms with van der Waals surface area (Å²) >= 11 is 1.78. The van der Waals surface area contributed by atoms with Crippen molar-refractivity contribution in [2.24, 2.45) is 0 Å². The van der Waals surface area contributed by atoms with Crippen molar-refractivity contribution >= 4 is 17.4 Å². The Bertz CT molecular complexity index is 977. The molecule has 0 aliphatic carbocycles. The average Bonchev–Trinajstić information content (AvgIpc) is 2.78. The summed E-state index contributed by atoms with van der Waals surface area (Å²) in [5, 5.41) is 3.53. The summed E-state index contributed by atoms with van der Waals surface area (Å²) in [6.45, 7) is 4.33. The molecule has 0 saturated carbocycles. The number of ether oxygens (including phenoxy) is 1. The van der Waals surface area contributed by atoms with Crippen LogP contribution in [0.25, 0.3) is 0 Å². The van der Waals surface area contributed by atoms with E-state index in [1.54, 1.807) is 18.9 Å². The smallest absolute Gasteiger partial charge is 0.118 e. The van der Waals surface area contributed by atoms with Crippen molar-refractivity contribution in [1.29, 1.82) is 0 Å². The van der Waals surface area contributed by atoms with Gasteiger partial charge < -0.3 is 15.8 Å². The highest BCUT2D eigenvalue weighted by Gasteiger charge is 2.35. The summed E-state index contributed by atoms with van der Waals surface area (Å²) in [6, 6.07) is 23.7. The summed E-state index contributed by atoms with van der Waals surface area (Å²) in [6.07, 6.45) is 3.33. The molecule has 1 aliphatic rings. The van der Waals surface area contributed by atoms with Gasteiger partial charge in [-0.3, -0.25) is 0 Å². The number of hydrogen-bond acceptors (Lipinski definition) is 4. The van der Waals surface area contributed by atoms with Gasteiger partial charge >= 0.3 is 0 Å². The number of nitrogen functional groups attached to an aromatic ring is 1. The molecule has 0 atom stereocenters. The minimum Gasteiger partial charge on any atom is -0.497 e. The highest BCUT2D eigenvalue weighted by atomic mass is 32.2. The van der Waals surface area contributed by atoms with Crippen LogP contribution in [0.4, 0.5) is 5.69 Å². The maximum atomic E-state index is 6.17. The van der Waals surface area contributed by atoms with Crippen LogP contribution in [0.3, 0.4) is 0 Å². The van der Waals surface area contributed by atoms with Crippen molar-refractivity contribution < 1.29 is 4.74 Å². The van der Waals surface area contributed by atoms with Crippen molar-refractivity contribution in [1.82, 2.24) is 5.32 Å². The third kappa shape index (κ3) is 4.66. The van der Waals surface area contributed by atoms with Gasteiger partial charge in [0.25, 0.3) is 0 Å². The first-order valence-corrected chi connectivity index (χ1v) is 11.4. The minimum atomic E-state index is 0.148. The van der Waals surface area contributed by atoms with Gasteiger partial charge in [0.2, 0.25) is 0 Å². The van der Waals surface area contributed by atoms with Gasteiger partial charge in [-0.2, -0.15) is 0 Å². The van der Waals surface area contributed by atoms with Crippen LogP contribution in [0.1, 0.15) is 29.5 Å². The summed E-state index contributed by atoms with van der Waals surface area (Å²) in [4.78, 5) is 2.47. The molecule has 0 bridgehead atoms. The molecular formula is C26H30N2OS. The second kappa shape index (κ2) is 9.15. The number of piperidine rings is 1. The van der Waals surface area contributed by atoms with Crippen molar-refractivity contribution in [2.45, 2.75) is 41.4 Å². The Morgan fingerprint density at radius 1 is 0.933 bits per heavy atom. The van der Waals surface area contributed by atoms with Crippen LogP contribution in [0, 0.1) is 6.92 Å². The summed E-state index contributed by atoms with van der Waals surface area (Å²) in [7, 11) is 1.70. The molecule has 0 unspecified atom stereocenters. The van der Waals surface area contributed by atoms with E-state index in [1.807, 2.05) is 18.2 Å². The first kappa shape index (κ1) is 20.8. The van der Waals surface area contributed by atoms with E-state index in [1.165, 1.54) is 26.5 Å². The topological polar surface area (TPSA) is 47.3 Å². The molecule has 3 aromatic carbocycles. The second-order valence-corrected chi connectivity index (χ2v) is 9.35. The molecule has 1 heterocycles. The van der Waals surface area contributed by atoms with Gasteiger partial charge in [-0.15, -0.1) is 0 Å². The minimum absolute atomic E-state index is 0.148. The van der Waals surface area contributed by atoms with E-state index in [-0.39, 0.29) is 5.41 Å². The van der Waals surface area contributed by atoms with Crippen molar-refractivity contribution in [2.75, 3.05) is 25.9 Å². The highest BCUT2D eigenvalue weighted by Crippen LogP contribution is 2.40. The fraction of sp³-hybridized carbons (Fsp3) is 0.308. The Hall–Kier alpha value is -2.43. The number of rotatable bonds is 6. The van der Waals surface area contributed by atoms with Crippen LogP contribution in [-0.2, 0) is 11.8 Å². The zero-order valence-corrected chi connectivity index (χ0v) is 18.6. The van der Waals surface area contributed by atoms with E-state index in [0.717, 1.165) is 43.8 Å². The van der Waals surface area contributed by atoms with Crippen LogP contribution in [0.5, 0.6) is 5.75 Å². The SMILES string of the molecule is COc1ccc(Sc2ccc(CC3(c4cc(N)ccc4C)CCNCC3)cc2)cc1. The zero-order valence-electron chi connectivity index (χ0n) is 17.8. The fourth-order valence-corrected chi connectivity index (χ4v) is 5.32. The molecule has 1 aliphatic heterocycles. The Kier molecular flexibility index (Phi) is 6.35. The number of aryl methyl sites for hydroxylation is 1. The molecular weight excluding hydrogens is 388 g/mol. The average molecular weight is 419 g/mol. The van der Waals surface area contributed by atoms with Gasteiger partial charge in [0.15, 0.2) is 0 Å². The van der Waals surface area contributed by atoms with Gasteiger partial charge in [-0.05, 0) is 104 Å². The van der Waals surface area contributed by atoms with E-state index in [9.17, 15) is 0 Å². The van der Waals surface area contributed by atoms with E-state index >= 15 is 0 Å². The van der Waals surface area contributed by atoms with Crippen LogP contribution in [0.15, 0.2) is 76.5 Å². The number of methoxy groups -OCH3 is 1. The first-order chi connectivity index (χ1) is 14.6. The zero-order chi connectivity index (χ0) is 21.0. The highest BCUT2D eigenvalue weighted by molar-refractivity contribution is 7.99. The molecule has 4 rings (SSSR count). The number of hydrogen-bond donors (Lipinski definition) is 2. The summed E-state index contributed by atoms with van der Waals surface area (Å²) < 4.78 is 5.25. The largest absolute Gasteiger partial charge is 0.497 e. The van der Waals surface area contributed by atoms with Crippen LogP contribution in [0.2, 0.25) is 0 Å². The molecule has 156 valence electrons. The molecule has 0 aromatic heterocycles. The maximum Gasteiger partial charge on any atom is 0.118 e. The lowest BCUT2D eigenvalue weighted by Crippen LogP contribution is -2.42. The molecule has 30 heavy (non-hydrogen) atoms. The molecule has 0 spiro atoms.